The van der Waals surface area contributed by atoms with E-state index < -0.39 is 0 Å². The van der Waals surface area contributed by atoms with Crippen molar-refractivity contribution >= 4 is 17.6 Å². The number of esters is 1. The molecule has 0 aliphatic carbocycles. The second kappa shape index (κ2) is 7.87. The van der Waals surface area contributed by atoms with E-state index in [0.29, 0.717) is 23.5 Å². The monoisotopic (exact) mass is 336 g/mol. The molecule has 0 saturated heterocycles. The van der Waals surface area contributed by atoms with E-state index in [9.17, 15) is 9.59 Å². The summed E-state index contributed by atoms with van der Waals surface area (Å²) >= 11 is 0. The first-order chi connectivity index (χ1) is 12.2. The minimum absolute atomic E-state index is 0.190. The summed E-state index contributed by atoms with van der Waals surface area (Å²) < 4.78 is 6.80. The van der Waals surface area contributed by atoms with Crippen molar-refractivity contribution in [1.82, 2.24) is 14.8 Å². The van der Waals surface area contributed by atoms with Crippen molar-refractivity contribution in [2.45, 2.75) is 13.0 Å². The number of benzene rings is 2. The van der Waals surface area contributed by atoms with Gasteiger partial charge in [0.1, 0.15) is 18.4 Å². The molecule has 2 aromatic carbocycles. The molecular formula is C18H16N4O3. The van der Waals surface area contributed by atoms with Gasteiger partial charge in [0.05, 0.1) is 13.0 Å². The largest absolute Gasteiger partial charge is 0.426 e. The number of aryl methyl sites for hydroxylation is 1. The molecule has 0 atom stereocenters. The molecule has 0 fully saturated rings. The van der Waals surface area contributed by atoms with Gasteiger partial charge < -0.3 is 10.1 Å². The molecule has 0 aliphatic heterocycles. The Morgan fingerprint density at radius 2 is 1.80 bits per heavy atom. The van der Waals surface area contributed by atoms with Crippen LogP contribution in [0.5, 0.6) is 5.75 Å². The van der Waals surface area contributed by atoms with Gasteiger partial charge in [0.15, 0.2) is 0 Å². The van der Waals surface area contributed by atoms with Crippen LogP contribution in [0.3, 0.4) is 0 Å². The number of hydrogen-bond donors (Lipinski definition) is 1. The summed E-state index contributed by atoms with van der Waals surface area (Å²) in [5, 5.41) is 6.70. The molecule has 0 aliphatic rings. The van der Waals surface area contributed by atoms with Gasteiger partial charge >= 0.3 is 5.97 Å². The highest BCUT2D eigenvalue weighted by Gasteiger charge is 2.08. The number of amides is 1. The number of anilines is 1. The molecule has 1 amide bonds. The van der Waals surface area contributed by atoms with E-state index in [0.717, 1.165) is 0 Å². The molecule has 7 nitrogen and oxygen atoms in total. The summed E-state index contributed by atoms with van der Waals surface area (Å²) in [4.78, 5) is 27.7. The molecule has 0 spiro atoms. The van der Waals surface area contributed by atoms with Gasteiger partial charge in [-0.05, 0) is 36.4 Å². The van der Waals surface area contributed by atoms with E-state index in [-0.39, 0.29) is 18.3 Å². The van der Waals surface area contributed by atoms with Crippen LogP contribution in [0.1, 0.15) is 16.8 Å². The van der Waals surface area contributed by atoms with E-state index >= 15 is 0 Å². The van der Waals surface area contributed by atoms with Crippen LogP contribution in [0, 0.1) is 0 Å². The molecule has 1 N–H and O–H groups in total. The Morgan fingerprint density at radius 3 is 2.48 bits per heavy atom. The van der Waals surface area contributed by atoms with Gasteiger partial charge in [0.2, 0.25) is 0 Å². The molecule has 1 aromatic heterocycles. The third-order valence-corrected chi connectivity index (χ3v) is 3.39. The Labute approximate surface area is 144 Å². The lowest BCUT2D eigenvalue weighted by molar-refractivity contribution is -0.134. The molecular weight excluding hydrogens is 320 g/mol. The summed E-state index contributed by atoms with van der Waals surface area (Å²) in [5.74, 6) is -0.143. The van der Waals surface area contributed by atoms with Crippen molar-refractivity contribution in [3.05, 3.63) is 72.8 Å². The topological polar surface area (TPSA) is 86.1 Å². The van der Waals surface area contributed by atoms with Crippen LogP contribution in [-0.4, -0.2) is 26.6 Å². The van der Waals surface area contributed by atoms with E-state index in [1.807, 2.05) is 6.07 Å². The Balaban J connectivity index is 1.51. The highest BCUT2D eigenvalue weighted by atomic mass is 16.5. The van der Waals surface area contributed by atoms with Gasteiger partial charge in [-0.3, -0.25) is 14.3 Å². The summed E-state index contributed by atoms with van der Waals surface area (Å²) in [6.45, 7) is 0.407. The third-order valence-electron chi connectivity index (χ3n) is 3.39. The van der Waals surface area contributed by atoms with Crippen LogP contribution < -0.4 is 10.1 Å². The molecule has 3 aromatic rings. The zero-order valence-corrected chi connectivity index (χ0v) is 13.3. The number of carbonyl (C=O) groups is 2. The van der Waals surface area contributed by atoms with Gasteiger partial charge in [-0.25, -0.2) is 4.98 Å². The maximum absolute atomic E-state index is 12.1. The number of nitrogens with zero attached hydrogens (tertiary/aromatic N) is 3. The van der Waals surface area contributed by atoms with Crippen LogP contribution >= 0.6 is 0 Å². The number of nitrogens with one attached hydrogen (secondary N) is 1. The lowest BCUT2D eigenvalue weighted by atomic mass is 10.2. The number of carbonyl (C=O) groups excluding carboxylic acids is 2. The first kappa shape index (κ1) is 16.4. The second-order valence-electron chi connectivity index (χ2n) is 5.23. The van der Waals surface area contributed by atoms with E-state index in [1.54, 1.807) is 53.2 Å². The molecule has 126 valence electrons. The average Bonchev–Trinajstić information content (AvgIpc) is 3.16. The average molecular weight is 336 g/mol. The summed E-state index contributed by atoms with van der Waals surface area (Å²) in [6.07, 6.45) is 3.14. The van der Waals surface area contributed by atoms with Crippen molar-refractivity contribution in [2.24, 2.45) is 0 Å². The predicted octanol–water partition coefficient (Wildman–Crippen LogP) is 2.53. The van der Waals surface area contributed by atoms with Crippen molar-refractivity contribution < 1.29 is 14.3 Å². The number of rotatable bonds is 6. The number of aromatic nitrogens is 3. The van der Waals surface area contributed by atoms with Crippen LogP contribution in [0.4, 0.5) is 5.69 Å². The fraction of sp³-hybridized carbons (Fsp3) is 0.111. The molecule has 0 unspecified atom stereocenters. The summed E-state index contributed by atoms with van der Waals surface area (Å²) in [6, 6.07) is 15.6. The Kier molecular flexibility index (Phi) is 5.16. The van der Waals surface area contributed by atoms with Crippen molar-refractivity contribution in [2.75, 3.05) is 5.32 Å². The van der Waals surface area contributed by atoms with Crippen LogP contribution in [-0.2, 0) is 11.3 Å². The van der Waals surface area contributed by atoms with Gasteiger partial charge in [0, 0.05) is 11.3 Å². The highest BCUT2D eigenvalue weighted by Crippen LogP contribution is 2.17. The minimum atomic E-state index is -0.364. The molecule has 0 saturated carbocycles. The van der Waals surface area contributed by atoms with Crippen molar-refractivity contribution in [3.8, 4) is 5.75 Å². The van der Waals surface area contributed by atoms with E-state index in [4.69, 9.17) is 4.74 Å². The van der Waals surface area contributed by atoms with E-state index in [2.05, 4.69) is 15.4 Å². The molecule has 0 radical (unpaired) electrons. The normalized spacial score (nSPS) is 10.2. The maximum atomic E-state index is 12.1. The standard InChI is InChI=1S/C18H16N4O3/c23-17(10-11-22-13-19-12-20-22)25-16-8-6-15(7-9-16)21-18(24)14-4-2-1-3-5-14/h1-9,12-13H,10-11H2,(H,21,24). The van der Waals surface area contributed by atoms with Crippen LogP contribution in [0.15, 0.2) is 67.3 Å². The lowest BCUT2D eigenvalue weighted by Crippen LogP contribution is -2.13. The fourth-order valence-electron chi connectivity index (χ4n) is 2.14. The number of hydrogen-bond acceptors (Lipinski definition) is 5. The fourth-order valence-corrected chi connectivity index (χ4v) is 2.14. The summed E-state index contributed by atoms with van der Waals surface area (Å²) in [5.41, 5.74) is 1.20. The van der Waals surface area contributed by atoms with Gasteiger partial charge in [0.25, 0.3) is 5.91 Å². The minimum Gasteiger partial charge on any atom is -0.426 e. The molecule has 7 heteroatoms. The maximum Gasteiger partial charge on any atom is 0.313 e. The quantitative estimate of drug-likeness (QED) is 0.552. The van der Waals surface area contributed by atoms with Crippen molar-refractivity contribution in [1.29, 1.82) is 0 Å². The molecule has 1 heterocycles. The van der Waals surface area contributed by atoms with Crippen LogP contribution in [0.2, 0.25) is 0 Å². The lowest BCUT2D eigenvalue weighted by Gasteiger charge is -2.07. The zero-order valence-electron chi connectivity index (χ0n) is 13.3. The molecule has 3 rings (SSSR count). The third kappa shape index (κ3) is 4.74. The van der Waals surface area contributed by atoms with Gasteiger partial charge in [-0.1, -0.05) is 18.2 Å². The highest BCUT2D eigenvalue weighted by molar-refractivity contribution is 6.04. The molecule has 25 heavy (non-hydrogen) atoms. The van der Waals surface area contributed by atoms with Crippen LogP contribution in [0.25, 0.3) is 0 Å². The van der Waals surface area contributed by atoms with Gasteiger partial charge in [-0.15, -0.1) is 0 Å². The van der Waals surface area contributed by atoms with Gasteiger partial charge in [-0.2, -0.15) is 5.10 Å². The zero-order chi connectivity index (χ0) is 17.5. The van der Waals surface area contributed by atoms with E-state index in [1.165, 1.54) is 12.7 Å². The number of ether oxygens (including phenoxy) is 1. The smallest absolute Gasteiger partial charge is 0.313 e. The predicted molar refractivity (Wildman–Crippen MR) is 91.1 cm³/mol. The Bertz CT molecular complexity index is 831. The Hall–Kier alpha value is -3.48. The first-order valence-electron chi connectivity index (χ1n) is 7.70. The summed E-state index contributed by atoms with van der Waals surface area (Å²) in [7, 11) is 0. The second-order valence-corrected chi connectivity index (χ2v) is 5.23. The van der Waals surface area contributed by atoms with Crippen molar-refractivity contribution in [3.63, 3.8) is 0 Å². The Morgan fingerprint density at radius 1 is 1.04 bits per heavy atom. The first-order valence-corrected chi connectivity index (χ1v) is 7.70. The molecule has 0 bridgehead atoms. The SMILES string of the molecule is O=C(CCn1cncn1)Oc1ccc(NC(=O)c2ccccc2)cc1.